The lowest BCUT2D eigenvalue weighted by molar-refractivity contribution is -0.265. The van der Waals surface area contributed by atoms with Gasteiger partial charge in [-0.1, -0.05) is 0 Å². The highest BCUT2D eigenvalue weighted by atomic mass is 19.4. The van der Waals surface area contributed by atoms with Gasteiger partial charge < -0.3 is 30.5 Å². The van der Waals surface area contributed by atoms with Gasteiger partial charge in [0.2, 0.25) is 11.5 Å². The number of hydrogen-bond donors (Lipinski definition) is 3. The van der Waals surface area contributed by atoms with Gasteiger partial charge in [-0.05, 0) is 87.6 Å². The number of nitrogens with two attached hydrogens (primary N) is 1. The van der Waals surface area contributed by atoms with Crippen LogP contribution in [0.25, 0.3) is 11.3 Å². The second-order valence-electron chi connectivity index (χ2n) is 12.3. The highest BCUT2D eigenvalue weighted by molar-refractivity contribution is 5.96. The largest absolute Gasteiger partial charge is 0.489 e. The van der Waals surface area contributed by atoms with Gasteiger partial charge in [0.1, 0.15) is 35.0 Å². The van der Waals surface area contributed by atoms with Gasteiger partial charge in [-0.2, -0.15) is 13.2 Å². The van der Waals surface area contributed by atoms with Crippen molar-refractivity contribution in [1.82, 2.24) is 10.3 Å². The first-order valence-corrected chi connectivity index (χ1v) is 15.2. The molecule has 46 heavy (non-hydrogen) atoms. The fourth-order valence-corrected chi connectivity index (χ4v) is 5.75. The maximum atomic E-state index is 14.8. The number of carbonyl (C=O) groups is 2. The Morgan fingerprint density at radius 2 is 1.80 bits per heavy atom. The molecule has 0 spiro atoms. The van der Waals surface area contributed by atoms with Crippen molar-refractivity contribution in [3.8, 4) is 22.8 Å². The summed E-state index contributed by atoms with van der Waals surface area (Å²) in [6, 6.07) is 10.4. The third-order valence-corrected chi connectivity index (χ3v) is 8.87. The Morgan fingerprint density at radius 3 is 2.43 bits per heavy atom. The fourth-order valence-electron chi connectivity index (χ4n) is 5.75. The molecule has 1 saturated carbocycles. The third-order valence-electron chi connectivity index (χ3n) is 8.87. The first-order chi connectivity index (χ1) is 21.8. The molecule has 4 N–H and O–H groups in total. The number of piperidine rings is 1. The Hall–Kier alpha value is -4.39. The third kappa shape index (κ3) is 5.83. The van der Waals surface area contributed by atoms with E-state index in [1.54, 1.807) is 12.1 Å². The standard InChI is InChI=1S/C33H34F4N4O5/c1-31(30(38)43)18-45-28-23(31)16-26(40-27(28)19-5-8-21(34)9-6-19)32(44,33(35,36)37)17-39-29(42)20-7-12-25(46-22-10-11-22)24(15-20)41-13-3-2-4-14-41/h5-9,12,15-16,22,44H,2-4,10-11,13-14,17-18H2,1H3,(H2,38,43)(H,39,42)/t31-,32?/m0/s1. The predicted octanol–water partition coefficient (Wildman–Crippen LogP) is 4.73. The average Bonchev–Trinajstić information content (AvgIpc) is 3.79. The number of fused-ring (bicyclic) bond motifs is 1. The molecule has 2 amide bonds. The van der Waals surface area contributed by atoms with Crippen LogP contribution in [0.1, 0.15) is 60.6 Å². The lowest BCUT2D eigenvalue weighted by atomic mass is 9.81. The zero-order valence-corrected chi connectivity index (χ0v) is 25.1. The molecule has 2 fully saturated rings. The van der Waals surface area contributed by atoms with E-state index < -0.39 is 47.1 Å². The van der Waals surface area contributed by atoms with E-state index in [1.807, 2.05) is 0 Å². The zero-order chi connectivity index (χ0) is 32.9. The van der Waals surface area contributed by atoms with Crippen molar-refractivity contribution in [3.63, 3.8) is 0 Å². The van der Waals surface area contributed by atoms with Gasteiger partial charge in [-0.25, -0.2) is 9.37 Å². The molecular weight excluding hydrogens is 608 g/mol. The smallest absolute Gasteiger partial charge is 0.424 e. The number of nitrogens with zero attached hydrogens (tertiary/aromatic N) is 2. The highest BCUT2D eigenvalue weighted by Gasteiger charge is 2.57. The molecule has 3 heterocycles. The number of alkyl halides is 3. The number of aromatic nitrogens is 1. The summed E-state index contributed by atoms with van der Waals surface area (Å²) >= 11 is 0. The Morgan fingerprint density at radius 1 is 1.11 bits per heavy atom. The maximum Gasteiger partial charge on any atom is 0.424 e. The molecule has 1 aromatic heterocycles. The van der Waals surface area contributed by atoms with Crippen LogP contribution in [0.15, 0.2) is 48.5 Å². The number of carbonyl (C=O) groups excluding carboxylic acids is 2. The minimum atomic E-state index is -5.33. The van der Waals surface area contributed by atoms with Crippen LogP contribution >= 0.6 is 0 Å². The van der Waals surface area contributed by atoms with Crippen molar-refractivity contribution in [3.05, 3.63) is 71.2 Å². The van der Waals surface area contributed by atoms with Crippen LogP contribution in [0.5, 0.6) is 11.5 Å². The van der Waals surface area contributed by atoms with Crippen LogP contribution in [0.4, 0.5) is 23.2 Å². The summed E-state index contributed by atoms with van der Waals surface area (Å²) in [4.78, 5) is 32.0. The van der Waals surface area contributed by atoms with Crippen LogP contribution in [-0.4, -0.2) is 60.4 Å². The minimum absolute atomic E-state index is 0.0102. The van der Waals surface area contributed by atoms with Crippen molar-refractivity contribution < 1.29 is 41.7 Å². The molecule has 2 aliphatic heterocycles. The van der Waals surface area contributed by atoms with Gasteiger partial charge in [0.15, 0.2) is 0 Å². The SMILES string of the molecule is C[C@]1(C(N)=O)COc2c1cc(C(O)(CNC(=O)c1ccc(OC3CC3)c(N3CCCCC3)c1)C(F)(F)F)nc2-c1ccc(F)cc1. The molecule has 3 aliphatic rings. The van der Waals surface area contributed by atoms with Crippen molar-refractivity contribution in [2.24, 2.45) is 5.73 Å². The normalized spacial score (nSPS) is 20.8. The van der Waals surface area contributed by atoms with Crippen molar-refractivity contribution >= 4 is 17.5 Å². The van der Waals surface area contributed by atoms with E-state index in [9.17, 15) is 32.3 Å². The molecule has 0 radical (unpaired) electrons. The first kappa shape index (κ1) is 31.6. The summed E-state index contributed by atoms with van der Waals surface area (Å²) in [5.41, 5.74) is 0.295. The van der Waals surface area contributed by atoms with E-state index in [2.05, 4.69) is 15.2 Å². The van der Waals surface area contributed by atoms with Gasteiger partial charge in [0.05, 0.1) is 24.0 Å². The number of primary amides is 1. The number of benzene rings is 2. The monoisotopic (exact) mass is 642 g/mol. The van der Waals surface area contributed by atoms with Gasteiger partial charge >= 0.3 is 6.18 Å². The molecule has 9 nitrogen and oxygen atoms in total. The van der Waals surface area contributed by atoms with E-state index in [4.69, 9.17) is 15.2 Å². The molecular formula is C33H34F4N4O5. The maximum absolute atomic E-state index is 14.8. The van der Waals surface area contributed by atoms with E-state index in [0.717, 1.165) is 63.4 Å². The second-order valence-corrected chi connectivity index (χ2v) is 12.3. The number of rotatable bonds is 9. The molecule has 13 heteroatoms. The average molecular weight is 643 g/mol. The number of pyridine rings is 1. The highest BCUT2D eigenvalue weighted by Crippen LogP contribution is 2.48. The van der Waals surface area contributed by atoms with Crippen molar-refractivity contribution in [2.45, 2.75) is 62.3 Å². The molecule has 2 atom stereocenters. The lowest BCUT2D eigenvalue weighted by Crippen LogP contribution is -2.51. The number of anilines is 1. The summed E-state index contributed by atoms with van der Waals surface area (Å²) in [5.74, 6) is -1.70. The fraction of sp³-hybridized carbons (Fsp3) is 0.424. The van der Waals surface area contributed by atoms with Crippen molar-refractivity contribution in [1.29, 1.82) is 0 Å². The molecule has 6 rings (SSSR count). The lowest BCUT2D eigenvalue weighted by Gasteiger charge is -2.32. The molecule has 1 aliphatic carbocycles. The summed E-state index contributed by atoms with van der Waals surface area (Å²) in [6.45, 7) is 1.35. The molecule has 2 aromatic carbocycles. The number of hydrogen-bond acceptors (Lipinski definition) is 7. The summed E-state index contributed by atoms with van der Waals surface area (Å²) in [5, 5.41) is 13.6. The number of halogens is 4. The number of nitrogens with one attached hydrogen (secondary N) is 1. The van der Waals surface area contributed by atoms with E-state index >= 15 is 0 Å². The predicted molar refractivity (Wildman–Crippen MR) is 160 cm³/mol. The van der Waals surface area contributed by atoms with Crippen LogP contribution in [0, 0.1) is 5.82 Å². The molecule has 0 bridgehead atoms. The van der Waals surface area contributed by atoms with Gasteiger partial charge in [0.25, 0.3) is 5.91 Å². The Kier molecular flexibility index (Phi) is 8.07. The molecule has 1 saturated heterocycles. The zero-order valence-electron chi connectivity index (χ0n) is 25.1. The first-order valence-electron chi connectivity index (χ1n) is 15.2. The van der Waals surface area contributed by atoms with Crippen LogP contribution in [0.3, 0.4) is 0 Å². The van der Waals surface area contributed by atoms with Crippen LogP contribution < -0.4 is 25.4 Å². The topological polar surface area (TPSA) is 127 Å². The van der Waals surface area contributed by atoms with Crippen LogP contribution in [-0.2, 0) is 15.8 Å². The molecule has 3 aromatic rings. The van der Waals surface area contributed by atoms with Gasteiger partial charge in [-0.15, -0.1) is 0 Å². The summed E-state index contributed by atoms with van der Waals surface area (Å²) < 4.78 is 69.8. The Labute approximate surface area is 262 Å². The van der Waals surface area contributed by atoms with Gasteiger partial charge in [0, 0.05) is 29.8 Å². The summed E-state index contributed by atoms with van der Waals surface area (Å²) in [6.07, 6.45) is -0.353. The quantitative estimate of drug-likeness (QED) is 0.288. The minimum Gasteiger partial charge on any atom is -0.489 e. The van der Waals surface area contributed by atoms with E-state index in [0.29, 0.717) is 11.4 Å². The van der Waals surface area contributed by atoms with Crippen molar-refractivity contribution in [2.75, 3.05) is 31.1 Å². The number of amides is 2. The number of aliphatic hydroxyl groups is 1. The van der Waals surface area contributed by atoms with Crippen LogP contribution in [0.2, 0.25) is 0 Å². The second kappa shape index (κ2) is 11.8. The number of ether oxygens (including phenoxy) is 2. The van der Waals surface area contributed by atoms with E-state index in [-0.39, 0.29) is 40.8 Å². The van der Waals surface area contributed by atoms with E-state index in [1.165, 1.54) is 25.1 Å². The Bertz CT molecular complexity index is 1660. The Balaban J connectivity index is 1.35. The molecule has 244 valence electrons. The van der Waals surface area contributed by atoms with Gasteiger partial charge in [-0.3, -0.25) is 9.59 Å². The summed E-state index contributed by atoms with van der Waals surface area (Å²) in [7, 11) is 0. The molecule has 1 unspecified atom stereocenters.